The van der Waals surface area contributed by atoms with Crippen LogP contribution in [0.2, 0.25) is 0 Å². The van der Waals surface area contributed by atoms with Crippen molar-refractivity contribution in [3.05, 3.63) is 84.2 Å². The van der Waals surface area contributed by atoms with E-state index in [2.05, 4.69) is 45.5 Å². The van der Waals surface area contributed by atoms with Crippen LogP contribution in [0.5, 0.6) is 0 Å². The molecule has 0 amide bonds. The average Bonchev–Trinajstić information content (AvgIpc) is 3.54. The zero-order chi connectivity index (χ0) is 24.0. The zero-order valence-corrected chi connectivity index (χ0v) is 19.2. The van der Waals surface area contributed by atoms with Crippen molar-refractivity contribution in [2.45, 2.75) is 24.8 Å². The molecule has 1 fully saturated rings. The van der Waals surface area contributed by atoms with Gasteiger partial charge in [0.1, 0.15) is 5.69 Å². The van der Waals surface area contributed by atoms with Gasteiger partial charge in [-0.15, -0.1) is 0 Å². The normalized spacial score (nSPS) is 14.6. The lowest BCUT2D eigenvalue weighted by atomic mass is 9.72. The highest BCUT2D eigenvalue weighted by molar-refractivity contribution is 5.95. The summed E-state index contributed by atoms with van der Waals surface area (Å²) < 4.78 is 6.61. The number of nitrogens with one attached hydrogen (secondary N) is 1. The fourth-order valence-corrected chi connectivity index (χ4v) is 4.73. The van der Waals surface area contributed by atoms with Crippen LogP contribution in [-0.2, 0) is 10.3 Å². The first-order valence-corrected chi connectivity index (χ1v) is 11.5. The van der Waals surface area contributed by atoms with Gasteiger partial charge in [0.05, 0.1) is 18.5 Å². The summed E-state index contributed by atoms with van der Waals surface area (Å²) in [7, 11) is 1.33. The SMILES string of the molecule is COC(=O)c1nc2ccc(-c3ccccc3-c3ccc(C4(N)CCC4)cc3)nn2c1-c1ccn[nH]1. The maximum absolute atomic E-state index is 12.4. The van der Waals surface area contributed by atoms with Crippen LogP contribution in [0, 0.1) is 0 Å². The number of ether oxygens (including phenoxy) is 1. The third-order valence-electron chi connectivity index (χ3n) is 6.83. The van der Waals surface area contributed by atoms with Gasteiger partial charge in [0.2, 0.25) is 0 Å². The smallest absolute Gasteiger partial charge is 0.359 e. The highest BCUT2D eigenvalue weighted by Crippen LogP contribution is 2.40. The molecule has 3 heterocycles. The molecule has 0 radical (unpaired) electrons. The molecular weight excluding hydrogens is 440 g/mol. The first-order valence-electron chi connectivity index (χ1n) is 11.5. The number of hydrogen-bond acceptors (Lipinski definition) is 6. The fourth-order valence-electron chi connectivity index (χ4n) is 4.73. The summed E-state index contributed by atoms with van der Waals surface area (Å²) in [6.07, 6.45) is 4.86. The highest BCUT2D eigenvalue weighted by Gasteiger charge is 2.34. The van der Waals surface area contributed by atoms with E-state index in [0.29, 0.717) is 17.0 Å². The maximum Gasteiger partial charge on any atom is 0.359 e. The Morgan fingerprint density at radius 2 is 1.80 bits per heavy atom. The molecule has 35 heavy (non-hydrogen) atoms. The number of nitrogens with two attached hydrogens (primary N) is 1. The van der Waals surface area contributed by atoms with Gasteiger partial charge >= 0.3 is 5.97 Å². The summed E-state index contributed by atoms with van der Waals surface area (Å²) in [4.78, 5) is 16.9. The first-order chi connectivity index (χ1) is 17.1. The van der Waals surface area contributed by atoms with E-state index in [4.69, 9.17) is 15.6 Å². The lowest BCUT2D eigenvalue weighted by molar-refractivity contribution is 0.0595. The van der Waals surface area contributed by atoms with E-state index in [1.54, 1.807) is 16.8 Å². The molecule has 1 aliphatic rings. The number of H-pyrrole nitrogens is 1. The van der Waals surface area contributed by atoms with Crippen molar-refractivity contribution in [2.24, 2.45) is 5.73 Å². The molecule has 0 aliphatic heterocycles. The Morgan fingerprint density at radius 3 is 2.46 bits per heavy atom. The summed E-state index contributed by atoms with van der Waals surface area (Å²) in [5.41, 5.74) is 13.2. The number of hydrogen-bond donors (Lipinski definition) is 2. The Balaban J connectivity index is 1.47. The Hall–Kier alpha value is -4.30. The third kappa shape index (κ3) is 3.50. The topological polar surface area (TPSA) is 111 Å². The van der Waals surface area contributed by atoms with Crippen LogP contribution in [-0.4, -0.2) is 37.9 Å². The van der Waals surface area contributed by atoms with Gasteiger partial charge in [0.15, 0.2) is 11.3 Å². The molecule has 5 aromatic rings. The number of nitrogens with zero attached hydrogens (tertiary/aromatic N) is 4. The van der Waals surface area contributed by atoms with Crippen molar-refractivity contribution in [3.8, 4) is 33.8 Å². The molecular formula is C27H24N6O2. The monoisotopic (exact) mass is 464 g/mol. The molecule has 3 aromatic heterocycles. The average molecular weight is 465 g/mol. The Labute approximate surface area is 201 Å². The van der Waals surface area contributed by atoms with Crippen LogP contribution < -0.4 is 5.73 Å². The number of benzene rings is 2. The largest absolute Gasteiger partial charge is 0.464 e. The number of aromatic nitrogens is 5. The summed E-state index contributed by atoms with van der Waals surface area (Å²) in [5.74, 6) is -0.536. The number of carbonyl (C=O) groups excluding carboxylic acids is 1. The van der Waals surface area contributed by atoms with Crippen molar-refractivity contribution in [1.82, 2.24) is 24.8 Å². The van der Waals surface area contributed by atoms with Gasteiger partial charge in [-0.2, -0.15) is 10.2 Å². The molecule has 0 bridgehead atoms. The number of rotatable bonds is 5. The van der Waals surface area contributed by atoms with E-state index >= 15 is 0 Å². The summed E-state index contributed by atoms with van der Waals surface area (Å²) in [5, 5.41) is 11.8. The van der Waals surface area contributed by atoms with Crippen molar-refractivity contribution >= 4 is 11.6 Å². The van der Waals surface area contributed by atoms with Crippen LogP contribution in [0.25, 0.3) is 39.4 Å². The molecule has 1 saturated carbocycles. The van der Waals surface area contributed by atoms with Crippen LogP contribution in [0.15, 0.2) is 72.9 Å². The van der Waals surface area contributed by atoms with E-state index in [-0.39, 0.29) is 11.2 Å². The van der Waals surface area contributed by atoms with Gasteiger partial charge < -0.3 is 10.5 Å². The zero-order valence-electron chi connectivity index (χ0n) is 19.2. The first kappa shape index (κ1) is 21.2. The fraction of sp³-hybridized carbons (Fsp3) is 0.185. The van der Waals surface area contributed by atoms with Crippen molar-refractivity contribution < 1.29 is 9.53 Å². The van der Waals surface area contributed by atoms with Crippen molar-refractivity contribution in [2.75, 3.05) is 7.11 Å². The molecule has 1 aliphatic carbocycles. The number of aromatic amines is 1. The standard InChI is InChI=1S/C27H24N6O2/c1-35-26(34)24-25(22-13-16-29-31-22)33-23(30-24)12-11-21(32-33)20-6-3-2-5-19(20)17-7-9-18(10-8-17)27(28)14-4-15-27/h2-3,5-13,16H,4,14-15,28H2,1H3,(H,29,31). The maximum atomic E-state index is 12.4. The minimum atomic E-state index is -0.536. The summed E-state index contributed by atoms with van der Waals surface area (Å²) >= 11 is 0. The minimum Gasteiger partial charge on any atom is -0.464 e. The van der Waals surface area contributed by atoms with Crippen molar-refractivity contribution in [3.63, 3.8) is 0 Å². The van der Waals surface area contributed by atoms with Gasteiger partial charge in [0.25, 0.3) is 0 Å². The van der Waals surface area contributed by atoms with Crippen LogP contribution in [0.4, 0.5) is 0 Å². The molecule has 2 aromatic carbocycles. The predicted molar refractivity (Wildman–Crippen MR) is 132 cm³/mol. The van der Waals surface area contributed by atoms with E-state index in [1.165, 1.54) is 19.1 Å². The molecule has 0 spiro atoms. The molecule has 0 atom stereocenters. The molecule has 8 heteroatoms. The Morgan fingerprint density at radius 1 is 1.03 bits per heavy atom. The van der Waals surface area contributed by atoms with Gasteiger partial charge in [0, 0.05) is 17.3 Å². The van der Waals surface area contributed by atoms with E-state index in [1.807, 2.05) is 30.3 Å². The molecule has 3 N–H and O–H groups in total. The number of carbonyl (C=O) groups is 1. The van der Waals surface area contributed by atoms with Gasteiger partial charge in [-0.3, -0.25) is 5.10 Å². The van der Waals surface area contributed by atoms with E-state index in [9.17, 15) is 4.79 Å². The van der Waals surface area contributed by atoms with Crippen LogP contribution in [0.1, 0.15) is 35.3 Å². The molecule has 0 saturated heterocycles. The highest BCUT2D eigenvalue weighted by atomic mass is 16.5. The summed E-state index contributed by atoms with van der Waals surface area (Å²) in [6, 6.07) is 22.2. The second kappa shape index (κ2) is 8.18. The number of imidazole rings is 1. The van der Waals surface area contributed by atoms with E-state index in [0.717, 1.165) is 35.2 Å². The lowest BCUT2D eigenvalue weighted by Crippen LogP contribution is -2.43. The molecule has 6 rings (SSSR count). The number of methoxy groups -OCH3 is 1. The second-order valence-corrected chi connectivity index (χ2v) is 8.89. The van der Waals surface area contributed by atoms with Crippen LogP contribution >= 0.6 is 0 Å². The Kier molecular flexibility index (Phi) is 4.96. The van der Waals surface area contributed by atoms with Crippen molar-refractivity contribution in [1.29, 1.82) is 0 Å². The number of esters is 1. The van der Waals surface area contributed by atoms with Crippen LogP contribution in [0.3, 0.4) is 0 Å². The van der Waals surface area contributed by atoms with E-state index < -0.39 is 5.97 Å². The number of fused-ring (bicyclic) bond motifs is 1. The quantitative estimate of drug-likeness (QED) is 0.368. The van der Waals surface area contributed by atoms with Gasteiger partial charge in [-0.25, -0.2) is 14.3 Å². The molecule has 0 unspecified atom stereocenters. The lowest BCUT2D eigenvalue weighted by Gasteiger charge is -2.38. The van der Waals surface area contributed by atoms with Gasteiger partial charge in [-0.05, 0) is 54.2 Å². The van der Waals surface area contributed by atoms with Gasteiger partial charge in [-0.1, -0.05) is 48.5 Å². The summed E-state index contributed by atoms with van der Waals surface area (Å²) in [6.45, 7) is 0. The molecule has 174 valence electrons. The molecule has 8 nitrogen and oxygen atoms in total. The second-order valence-electron chi connectivity index (χ2n) is 8.89. The Bertz CT molecular complexity index is 1530. The third-order valence-corrected chi connectivity index (χ3v) is 6.83. The minimum absolute atomic E-state index is 0.178. The predicted octanol–water partition coefficient (Wildman–Crippen LogP) is 4.58.